The lowest BCUT2D eigenvalue weighted by molar-refractivity contribution is 1.50. The third kappa shape index (κ3) is 0. The Labute approximate surface area is 37.7 Å². The van der Waals surface area contributed by atoms with Gasteiger partial charge in [-0.25, -0.2) is 0 Å². The monoisotopic (exact) mass is 72.2 g/mol. The molecule has 0 aliphatic rings. The molecular formula is C4H24. The number of hydrogen-bond acceptors (Lipinski definition) is 0. The molecule has 0 rings (SSSR count). The van der Waals surface area contributed by atoms with Crippen molar-refractivity contribution < 1.29 is 8.56 Å². The molecule has 0 radical (unpaired) electrons. The molecule has 0 saturated heterocycles. The molecule has 0 aromatic heterocycles. The Hall–Kier alpha value is 0. The molecular weight excluding hydrogens is 48.0 g/mol. The lowest BCUT2D eigenvalue weighted by atomic mass is 11.0. The van der Waals surface area contributed by atoms with E-state index < -0.39 is 0 Å². The predicted molar refractivity (Wildman–Crippen MR) is 35.4 cm³/mol. The van der Waals surface area contributed by atoms with Crippen molar-refractivity contribution in [3.63, 3.8) is 0 Å². The maximum absolute atomic E-state index is 2.00. The van der Waals surface area contributed by atoms with Crippen LogP contribution in [0.25, 0.3) is 0 Å². The van der Waals surface area contributed by atoms with Gasteiger partial charge in [-0.1, -0.05) is 27.7 Å². The Kier molecular flexibility index (Phi) is 0. The van der Waals surface area contributed by atoms with E-state index in [0.29, 0.717) is 0 Å². The molecule has 0 aromatic rings. The van der Waals surface area contributed by atoms with Crippen LogP contribution >= 0.6 is 0 Å². The lowest BCUT2D eigenvalue weighted by Crippen LogP contribution is -0.856. The first-order valence-electron chi connectivity index (χ1n) is 2.00. The maximum Gasteiger partial charge on any atom is 0 e. The van der Waals surface area contributed by atoms with Gasteiger partial charge in [0.15, 0.2) is 0 Å². The van der Waals surface area contributed by atoms with Gasteiger partial charge < -0.3 is 0 Å². The summed E-state index contributed by atoms with van der Waals surface area (Å²) < 4.78 is 0. The second kappa shape index (κ2) is 0. The highest BCUT2D eigenvalue weighted by molar-refractivity contribution is 3.51. The van der Waals surface area contributed by atoms with Gasteiger partial charge in [-0.15, -0.1) is 0 Å². The highest BCUT2D eigenvalue weighted by Crippen LogP contribution is 1.15. The normalized spacial score (nSPS) is 3.00. The highest BCUT2D eigenvalue weighted by atomic mass is 13.0. The Balaban J connectivity index is -0.000000000833. The SMILES string of the molecule is CC.CC.[HH].[HH].[HH].[HH].[HH].[HH]. The van der Waals surface area contributed by atoms with E-state index in [1.807, 2.05) is 27.7 Å². The van der Waals surface area contributed by atoms with Crippen LogP contribution < -0.4 is 0 Å². The van der Waals surface area contributed by atoms with Crippen LogP contribution in [0.15, 0.2) is 0 Å². The van der Waals surface area contributed by atoms with Crippen LogP contribution in [0, 0.1) is 0 Å². The highest BCUT2D eigenvalue weighted by Gasteiger charge is 0.934. The number of hydrogen-bond donors (Lipinski definition) is 0. The average molecular weight is 72.2 g/mol. The zero-order chi connectivity index (χ0) is 4.00. The second-order valence-electron chi connectivity index (χ2n) is 0. The van der Waals surface area contributed by atoms with Crippen LogP contribution in [-0.4, -0.2) is 0 Å². The molecule has 0 aliphatic carbocycles. The molecule has 40 valence electrons. The quantitative estimate of drug-likeness (QED) is 0.410. The van der Waals surface area contributed by atoms with Gasteiger partial charge in [0, 0.05) is 8.56 Å². The van der Waals surface area contributed by atoms with Gasteiger partial charge in [-0.05, 0) is 0 Å². The first-order valence-corrected chi connectivity index (χ1v) is 2.00. The van der Waals surface area contributed by atoms with Crippen LogP contribution in [0.3, 0.4) is 0 Å². The summed E-state index contributed by atoms with van der Waals surface area (Å²) in [4.78, 5) is 0. The third-order valence-corrected chi connectivity index (χ3v) is 0. The molecule has 0 heteroatoms. The molecule has 0 atom stereocenters. The van der Waals surface area contributed by atoms with Crippen molar-refractivity contribution in [1.29, 1.82) is 0 Å². The molecule has 0 amide bonds. The van der Waals surface area contributed by atoms with Crippen LogP contribution in [0.2, 0.25) is 0 Å². The van der Waals surface area contributed by atoms with Crippen molar-refractivity contribution in [1.82, 2.24) is 0 Å². The van der Waals surface area contributed by atoms with Crippen LogP contribution in [-0.2, 0) is 0 Å². The minimum atomic E-state index is 0. The van der Waals surface area contributed by atoms with Gasteiger partial charge in [0.05, 0.1) is 0 Å². The van der Waals surface area contributed by atoms with Crippen LogP contribution in [0.4, 0.5) is 0 Å². The van der Waals surface area contributed by atoms with Gasteiger partial charge in [-0.2, -0.15) is 0 Å². The molecule has 4 heavy (non-hydrogen) atoms. The minimum absolute atomic E-state index is 0. The molecule has 0 spiro atoms. The predicted octanol–water partition coefficient (Wildman–Crippen LogP) is 3.53. The van der Waals surface area contributed by atoms with Gasteiger partial charge in [0.25, 0.3) is 0 Å². The summed E-state index contributed by atoms with van der Waals surface area (Å²) in [7, 11) is 0. The van der Waals surface area contributed by atoms with Gasteiger partial charge in [0.1, 0.15) is 0 Å². The fourth-order valence-electron chi connectivity index (χ4n) is 0. The molecule has 0 saturated carbocycles. The first kappa shape index (κ1) is 9.00. The van der Waals surface area contributed by atoms with E-state index in [1.54, 1.807) is 0 Å². The van der Waals surface area contributed by atoms with Crippen LogP contribution in [0.1, 0.15) is 36.3 Å². The van der Waals surface area contributed by atoms with Crippen LogP contribution in [0.5, 0.6) is 0 Å². The lowest BCUT2D eigenvalue weighted by Gasteiger charge is -1.07. The topological polar surface area (TPSA) is 0 Å². The van der Waals surface area contributed by atoms with Crippen molar-refractivity contribution in [2.75, 3.05) is 0 Å². The fraction of sp³-hybridized carbons (Fsp3) is 1.00. The Morgan fingerprint density at radius 3 is 0.750 bits per heavy atom. The largest absolute Gasteiger partial charge is 0.0683 e. The summed E-state index contributed by atoms with van der Waals surface area (Å²) in [5.74, 6) is 0. The van der Waals surface area contributed by atoms with E-state index in [0.717, 1.165) is 0 Å². The molecule has 0 nitrogen and oxygen atoms in total. The summed E-state index contributed by atoms with van der Waals surface area (Å²) >= 11 is 0. The van der Waals surface area contributed by atoms with Crippen molar-refractivity contribution in [2.24, 2.45) is 0 Å². The van der Waals surface area contributed by atoms with Crippen molar-refractivity contribution in [3.8, 4) is 0 Å². The summed E-state index contributed by atoms with van der Waals surface area (Å²) in [6.07, 6.45) is 0. The fourth-order valence-corrected chi connectivity index (χ4v) is 0. The van der Waals surface area contributed by atoms with Crippen molar-refractivity contribution in [2.45, 2.75) is 27.7 Å². The molecule has 0 unspecified atom stereocenters. The molecule has 0 bridgehead atoms. The summed E-state index contributed by atoms with van der Waals surface area (Å²) in [5.41, 5.74) is 0. The van der Waals surface area contributed by atoms with E-state index in [4.69, 9.17) is 0 Å². The first-order chi connectivity index (χ1) is 2.00. The van der Waals surface area contributed by atoms with Crippen molar-refractivity contribution >= 4 is 0 Å². The molecule has 0 aliphatic heterocycles. The second-order valence-corrected chi connectivity index (χ2v) is 0. The Morgan fingerprint density at radius 1 is 0.750 bits per heavy atom. The third-order valence-electron chi connectivity index (χ3n) is 0. The molecule has 0 aromatic carbocycles. The Morgan fingerprint density at radius 2 is 0.750 bits per heavy atom. The summed E-state index contributed by atoms with van der Waals surface area (Å²) in [6, 6.07) is 0. The molecule has 0 fully saturated rings. The zero-order valence-electron chi connectivity index (χ0n) is 4.00. The van der Waals surface area contributed by atoms with Gasteiger partial charge in [0.2, 0.25) is 0 Å². The zero-order valence-corrected chi connectivity index (χ0v) is 4.00. The molecule has 0 heterocycles. The summed E-state index contributed by atoms with van der Waals surface area (Å²) in [5, 5.41) is 0. The van der Waals surface area contributed by atoms with E-state index >= 15 is 0 Å². The van der Waals surface area contributed by atoms with Gasteiger partial charge in [-0.3, -0.25) is 0 Å². The maximum atomic E-state index is 2.00. The number of rotatable bonds is 0. The molecule has 0 N–H and O–H groups in total. The standard InChI is InChI=1S/2C2H6.6H2/c2*1-2;;;;;;/h2*1-2H3;6*1H. The van der Waals surface area contributed by atoms with E-state index in [2.05, 4.69) is 0 Å². The van der Waals surface area contributed by atoms with E-state index in [-0.39, 0.29) is 8.56 Å². The van der Waals surface area contributed by atoms with Gasteiger partial charge >= 0.3 is 0 Å². The minimum Gasteiger partial charge on any atom is -0.0683 e. The smallest absolute Gasteiger partial charge is 0 e. The van der Waals surface area contributed by atoms with E-state index in [1.165, 1.54) is 0 Å². The summed E-state index contributed by atoms with van der Waals surface area (Å²) in [6.45, 7) is 8.00. The van der Waals surface area contributed by atoms with Crippen molar-refractivity contribution in [3.05, 3.63) is 0 Å². The Bertz CT molecular complexity index is 9.71. The van der Waals surface area contributed by atoms with E-state index in [9.17, 15) is 0 Å². The average Bonchev–Trinajstić information content (AvgIpc) is 1.50.